The molecule has 0 saturated carbocycles. The highest BCUT2D eigenvalue weighted by Crippen LogP contribution is 2.45. The van der Waals surface area contributed by atoms with E-state index in [1.54, 1.807) is 0 Å². The number of para-hydroxylation sites is 1. The first-order chi connectivity index (χ1) is 14.8. The van der Waals surface area contributed by atoms with Crippen molar-refractivity contribution in [3.63, 3.8) is 0 Å². The van der Waals surface area contributed by atoms with E-state index in [9.17, 15) is 9.90 Å². The van der Waals surface area contributed by atoms with Gasteiger partial charge in [-0.15, -0.1) is 0 Å². The van der Waals surface area contributed by atoms with Gasteiger partial charge in [0.2, 0.25) is 6.79 Å². The minimum atomic E-state index is -0.896. The number of aromatic nitrogens is 1. The van der Waals surface area contributed by atoms with Gasteiger partial charge in [-0.3, -0.25) is 0 Å². The highest BCUT2D eigenvalue weighted by Gasteiger charge is 2.35. The third-order valence-corrected chi connectivity index (χ3v) is 6.39. The summed E-state index contributed by atoms with van der Waals surface area (Å²) in [6.07, 6.45) is 3.66. The number of pyridine rings is 1. The van der Waals surface area contributed by atoms with Crippen LogP contribution in [0.25, 0.3) is 22.6 Å². The lowest BCUT2D eigenvalue weighted by molar-refractivity contribution is 0.0696. The Morgan fingerprint density at radius 1 is 1.10 bits per heavy atom. The predicted octanol–water partition coefficient (Wildman–Crippen LogP) is 5.81. The van der Waals surface area contributed by atoms with Gasteiger partial charge in [0.1, 0.15) is 0 Å². The van der Waals surface area contributed by atoms with Crippen molar-refractivity contribution in [1.29, 1.82) is 0 Å². The maximum absolute atomic E-state index is 12.4. The number of carbonyl (C=O) groups is 1. The Labute approximate surface area is 181 Å². The summed E-state index contributed by atoms with van der Waals surface area (Å²) in [5, 5.41) is 10.8. The summed E-state index contributed by atoms with van der Waals surface area (Å²) < 4.78 is 11.0. The van der Waals surface area contributed by atoms with Gasteiger partial charge in [0, 0.05) is 5.39 Å². The largest absolute Gasteiger partial charge is 0.478 e. The zero-order valence-electron chi connectivity index (χ0n) is 17.9. The Morgan fingerprint density at radius 2 is 1.87 bits per heavy atom. The van der Waals surface area contributed by atoms with Crippen LogP contribution in [0.4, 0.5) is 0 Å². The van der Waals surface area contributed by atoms with Crippen molar-refractivity contribution in [3.8, 4) is 11.5 Å². The van der Waals surface area contributed by atoms with Crippen molar-refractivity contribution >= 4 is 28.5 Å². The second-order valence-corrected chi connectivity index (χ2v) is 9.39. The van der Waals surface area contributed by atoms with Crippen LogP contribution in [0.1, 0.15) is 54.4 Å². The number of allylic oxidation sites excluding steroid dienone is 1. The van der Waals surface area contributed by atoms with Crippen LogP contribution in [0, 0.1) is 11.3 Å². The number of carboxylic acids is 1. The Kier molecular flexibility index (Phi) is 4.50. The number of hydrogen-bond acceptors (Lipinski definition) is 4. The molecule has 5 rings (SSSR count). The summed E-state index contributed by atoms with van der Waals surface area (Å²) in [6, 6.07) is 13.4. The van der Waals surface area contributed by atoms with Crippen LogP contribution in [-0.2, 0) is 6.42 Å². The van der Waals surface area contributed by atoms with E-state index in [1.165, 1.54) is 0 Å². The standard InChI is InChI=1S/C26H25NO4/c1-26(2,3)17-12-16(10-15-8-9-21-22(11-15)31-14-30-21)24-19(13-17)23(25(28)29)18-6-4-5-7-20(18)27-24/h4-11,17H,12-14H2,1-3H3,(H,28,29)/b16-10+/t17-/m0/s1. The third kappa shape index (κ3) is 3.44. The van der Waals surface area contributed by atoms with Gasteiger partial charge in [0.15, 0.2) is 11.5 Å². The van der Waals surface area contributed by atoms with Crippen molar-refractivity contribution < 1.29 is 19.4 Å². The van der Waals surface area contributed by atoms with Gasteiger partial charge < -0.3 is 14.6 Å². The zero-order chi connectivity index (χ0) is 21.8. The van der Waals surface area contributed by atoms with E-state index < -0.39 is 5.97 Å². The molecule has 1 atom stereocenters. The Morgan fingerprint density at radius 3 is 2.65 bits per heavy atom. The van der Waals surface area contributed by atoms with Gasteiger partial charge in [-0.2, -0.15) is 0 Å². The van der Waals surface area contributed by atoms with Crippen LogP contribution in [0.3, 0.4) is 0 Å². The molecule has 0 spiro atoms. The second-order valence-electron chi connectivity index (χ2n) is 9.39. The molecular formula is C26H25NO4. The predicted molar refractivity (Wildman–Crippen MR) is 120 cm³/mol. The minimum Gasteiger partial charge on any atom is -0.478 e. The molecule has 5 heteroatoms. The average molecular weight is 415 g/mol. The summed E-state index contributed by atoms with van der Waals surface area (Å²) in [4.78, 5) is 17.3. The molecule has 0 amide bonds. The lowest BCUT2D eigenvalue weighted by atomic mass is 9.69. The number of carboxylic acid groups (broad SMARTS) is 1. The number of ether oxygens (including phenoxy) is 2. The van der Waals surface area contributed by atoms with Crippen molar-refractivity contribution in [3.05, 3.63) is 64.8 Å². The van der Waals surface area contributed by atoms with Crippen LogP contribution >= 0.6 is 0 Å². The topological polar surface area (TPSA) is 68.7 Å². The molecule has 0 bridgehead atoms. The van der Waals surface area contributed by atoms with Crippen LogP contribution in [0.5, 0.6) is 11.5 Å². The number of hydrogen-bond donors (Lipinski definition) is 1. The van der Waals surface area contributed by atoms with Gasteiger partial charge in [-0.1, -0.05) is 45.0 Å². The lowest BCUT2D eigenvalue weighted by Gasteiger charge is -2.36. The number of benzene rings is 2. The molecule has 1 N–H and O–H groups in total. The van der Waals surface area contributed by atoms with Gasteiger partial charge in [-0.05, 0) is 65.1 Å². The van der Waals surface area contributed by atoms with E-state index >= 15 is 0 Å². The van der Waals surface area contributed by atoms with Gasteiger partial charge in [-0.25, -0.2) is 9.78 Å². The maximum atomic E-state index is 12.4. The molecule has 2 heterocycles. The van der Waals surface area contributed by atoms with Crippen molar-refractivity contribution in [1.82, 2.24) is 4.98 Å². The molecule has 158 valence electrons. The number of rotatable bonds is 2. The minimum absolute atomic E-state index is 0.0348. The van der Waals surface area contributed by atoms with Crippen LogP contribution in [-0.4, -0.2) is 22.9 Å². The van der Waals surface area contributed by atoms with Crippen molar-refractivity contribution in [2.24, 2.45) is 11.3 Å². The third-order valence-electron chi connectivity index (χ3n) is 6.39. The highest BCUT2D eigenvalue weighted by atomic mass is 16.7. The molecule has 3 aromatic rings. The van der Waals surface area contributed by atoms with Crippen LogP contribution in [0.2, 0.25) is 0 Å². The molecule has 0 radical (unpaired) electrons. The Hall–Kier alpha value is -3.34. The summed E-state index contributed by atoms with van der Waals surface area (Å²) in [6.45, 7) is 6.89. The van der Waals surface area contributed by atoms with Crippen molar-refractivity contribution in [2.45, 2.75) is 33.6 Å². The van der Waals surface area contributed by atoms with E-state index in [0.29, 0.717) is 28.8 Å². The Balaban J connectivity index is 1.74. The van der Waals surface area contributed by atoms with Gasteiger partial charge >= 0.3 is 5.97 Å². The number of nitrogens with zero attached hydrogens (tertiary/aromatic N) is 1. The molecule has 1 aliphatic carbocycles. The molecule has 2 aliphatic rings. The zero-order valence-corrected chi connectivity index (χ0v) is 17.9. The second kappa shape index (κ2) is 7.12. The van der Waals surface area contributed by atoms with Gasteiger partial charge in [0.05, 0.1) is 16.8 Å². The maximum Gasteiger partial charge on any atom is 0.336 e. The SMILES string of the molecule is CC(C)(C)[C@H]1C/C(=C\c2ccc3c(c2)OCO3)c2nc3ccccc3c(C(=O)O)c2C1. The summed E-state index contributed by atoms with van der Waals surface area (Å²) in [7, 11) is 0. The van der Waals surface area contributed by atoms with E-state index in [1.807, 2.05) is 42.5 Å². The molecule has 0 unspecified atom stereocenters. The van der Waals surface area contributed by atoms with Crippen LogP contribution < -0.4 is 9.47 Å². The highest BCUT2D eigenvalue weighted by molar-refractivity contribution is 6.06. The first-order valence-corrected chi connectivity index (χ1v) is 10.6. The van der Waals surface area contributed by atoms with E-state index in [-0.39, 0.29) is 12.2 Å². The average Bonchev–Trinajstić information content (AvgIpc) is 3.19. The van der Waals surface area contributed by atoms with Crippen LogP contribution in [0.15, 0.2) is 42.5 Å². The fraction of sp³-hybridized carbons (Fsp3) is 0.308. The molecule has 31 heavy (non-hydrogen) atoms. The van der Waals surface area contributed by atoms with E-state index in [2.05, 4.69) is 26.8 Å². The molecule has 1 aliphatic heterocycles. The quantitative estimate of drug-likeness (QED) is 0.572. The van der Waals surface area contributed by atoms with Crippen molar-refractivity contribution in [2.75, 3.05) is 6.79 Å². The molecule has 0 saturated heterocycles. The lowest BCUT2D eigenvalue weighted by Crippen LogP contribution is -2.28. The summed E-state index contributed by atoms with van der Waals surface area (Å²) in [5.74, 6) is 0.889. The smallest absolute Gasteiger partial charge is 0.336 e. The van der Waals surface area contributed by atoms with Gasteiger partial charge in [0.25, 0.3) is 0 Å². The number of fused-ring (bicyclic) bond motifs is 3. The number of aromatic carboxylic acids is 1. The summed E-state index contributed by atoms with van der Waals surface area (Å²) in [5.41, 5.74) is 4.82. The first kappa shape index (κ1) is 19.6. The Bertz CT molecular complexity index is 1240. The fourth-order valence-corrected chi connectivity index (χ4v) is 4.58. The normalized spacial score (nSPS) is 18.9. The van der Waals surface area contributed by atoms with E-state index in [0.717, 1.165) is 40.3 Å². The fourth-order valence-electron chi connectivity index (χ4n) is 4.58. The van der Waals surface area contributed by atoms with E-state index in [4.69, 9.17) is 14.5 Å². The molecular weight excluding hydrogens is 390 g/mol. The molecule has 5 nitrogen and oxygen atoms in total. The first-order valence-electron chi connectivity index (χ1n) is 10.6. The monoisotopic (exact) mass is 415 g/mol. The molecule has 1 aromatic heterocycles. The molecule has 2 aromatic carbocycles. The molecule has 0 fully saturated rings. The summed E-state index contributed by atoms with van der Waals surface area (Å²) >= 11 is 0.